The van der Waals surface area contributed by atoms with E-state index >= 15 is 0 Å². The summed E-state index contributed by atoms with van der Waals surface area (Å²) in [5.74, 6) is 1.19. The molecule has 0 bridgehead atoms. The van der Waals surface area contributed by atoms with Gasteiger partial charge in [-0.05, 0) is 42.9 Å². The van der Waals surface area contributed by atoms with Gasteiger partial charge >= 0.3 is 0 Å². The third kappa shape index (κ3) is 1.79. The molecule has 2 aliphatic heterocycles. The van der Waals surface area contributed by atoms with Gasteiger partial charge in [-0.1, -0.05) is 24.3 Å². The molecule has 3 aliphatic rings. The first-order valence-corrected chi connectivity index (χ1v) is 7.43. The molecular formula is C16H20N2O. The summed E-state index contributed by atoms with van der Waals surface area (Å²) in [6, 6.07) is 9.04. The number of piperidine rings is 1. The van der Waals surface area contributed by atoms with Gasteiger partial charge in [0, 0.05) is 19.1 Å². The van der Waals surface area contributed by atoms with E-state index in [0.29, 0.717) is 17.9 Å². The first-order valence-electron chi connectivity index (χ1n) is 7.43. The van der Waals surface area contributed by atoms with Crippen LogP contribution in [-0.4, -0.2) is 36.5 Å². The number of hydrogen-bond donors (Lipinski definition) is 1. The van der Waals surface area contributed by atoms with Gasteiger partial charge in [0.15, 0.2) is 0 Å². The minimum Gasteiger partial charge on any atom is -0.342 e. The normalized spacial score (nSPS) is 32.4. The number of fused-ring (bicyclic) bond motifs is 2. The van der Waals surface area contributed by atoms with Gasteiger partial charge < -0.3 is 10.2 Å². The lowest BCUT2D eigenvalue weighted by molar-refractivity contribution is -0.135. The Morgan fingerprint density at radius 2 is 2.16 bits per heavy atom. The molecule has 1 aromatic rings. The number of rotatable bonds is 1. The van der Waals surface area contributed by atoms with Gasteiger partial charge in [-0.15, -0.1) is 0 Å². The van der Waals surface area contributed by atoms with Crippen molar-refractivity contribution in [2.75, 3.05) is 19.6 Å². The summed E-state index contributed by atoms with van der Waals surface area (Å²) in [5, 5.41) is 3.55. The molecule has 4 rings (SSSR count). The van der Waals surface area contributed by atoms with Gasteiger partial charge in [0.05, 0.1) is 5.92 Å². The molecule has 2 saturated heterocycles. The maximum atomic E-state index is 12.6. The topological polar surface area (TPSA) is 32.3 Å². The highest BCUT2D eigenvalue weighted by atomic mass is 16.2. The van der Waals surface area contributed by atoms with Gasteiger partial charge in [-0.2, -0.15) is 0 Å². The quantitative estimate of drug-likeness (QED) is 0.826. The fraction of sp³-hybridized carbons (Fsp3) is 0.562. The standard InChI is InChI=1S/C16H20N2O/c19-16(14-9-11-3-1-2-4-13(11)14)18-8-6-15-12(10-18)5-7-17-15/h1-4,12,14-15,17H,5-10H2. The Kier molecular flexibility index (Phi) is 2.62. The van der Waals surface area contributed by atoms with Crippen molar-refractivity contribution in [3.05, 3.63) is 35.4 Å². The molecule has 1 N–H and O–H groups in total. The van der Waals surface area contributed by atoms with Crippen LogP contribution in [0, 0.1) is 5.92 Å². The predicted octanol–water partition coefficient (Wildman–Crippen LogP) is 1.54. The Morgan fingerprint density at radius 1 is 1.26 bits per heavy atom. The second-order valence-electron chi connectivity index (χ2n) is 6.14. The smallest absolute Gasteiger partial charge is 0.230 e. The highest BCUT2D eigenvalue weighted by Gasteiger charge is 2.39. The monoisotopic (exact) mass is 256 g/mol. The fourth-order valence-corrected chi connectivity index (χ4v) is 3.95. The van der Waals surface area contributed by atoms with Crippen LogP contribution in [0.3, 0.4) is 0 Å². The van der Waals surface area contributed by atoms with E-state index in [9.17, 15) is 4.79 Å². The zero-order chi connectivity index (χ0) is 12.8. The molecule has 0 radical (unpaired) electrons. The molecule has 1 aromatic carbocycles. The molecule has 0 saturated carbocycles. The van der Waals surface area contributed by atoms with Crippen LogP contribution in [0.2, 0.25) is 0 Å². The molecular weight excluding hydrogens is 236 g/mol. The molecule has 100 valence electrons. The molecule has 0 aromatic heterocycles. The number of amides is 1. The summed E-state index contributed by atoms with van der Waals surface area (Å²) in [5.41, 5.74) is 2.62. The van der Waals surface area contributed by atoms with Crippen LogP contribution in [0.1, 0.15) is 29.9 Å². The Labute approximate surface area is 114 Å². The van der Waals surface area contributed by atoms with Gasteiger partial charge in [0.1, 0.15) is 0 Å². The lowest BCUT2D eigenvalue weighted by Gasteiger charge is -2.39. The Bertz CT molecular complexity index is 513. The number of carbonyl (C=O) groups is 1. The van der Waals surface area contributed by atoms with E-state index in [1.807, 2.05) is 6.07 Å². The van der Waals surface area contributed by atoms with Gasteiger partial charge in [0.2, 0.25) is 5.91 Å². The van der Waals surface area contributed by atoms with Gasteiger partial charge in [-0.3, -0.25) is 4.79 Å². The van der Waals surface area contributed by atoms with Crippen molar-refractivity contribution in [1.29, 1.82) is 0 Å². The Hall–Kier alpha value is -1.35. The second-order valence-corrected chi connectivity index (χ2v) is 6.14. The lowest BCUT2D eigenvalue weighted by atomic mass is 9.76. The average Bonchev–Trinajstić information content (AvgIpc) is 2.87. The molecule has 2 fully saturated rings. The maximum Gasteiger partial charge on any atom is 0.230 e. The van der Waals surface area contributed by atoms with Crippen LogP contribution in [0.4, 0.5) is 0 Å². The van der Waals surface area contributed by atoms with Crippen molar-refractivity contribution < 1.29 is 4.79 Å². The maximum absolute atomic E-state index is 12.6. The number of carbonyl (C=O) groups excluding carboxylic acids is 1. The number of hydrogen-bond acceptors (Lipinski definition) is 2. The van der Waals surface area contributed by atoms with Crippen LogP contribution in [0.25, 0.3) is 0 Å². The van der Waals surface area contributed by atoms with Crippen LogP contribution in [0.15, 0.2) is 24.3 Å². The van der Waals surface area contributed by atoms with Crippen molar-refractivity contribution in [3.63, 3.8) is 0 Å². The van der Waals surface area contributed by atoms with Crippen molar-refractivity contribution in [1.82, 2.24) is 10.2 Å². The molecule has 3 atom stereocenters. The second kappa shape index (κ2) is 4.34. The highest BCUT2D eigenvalue weighted by Crippen LogP contribution is 2.37. The summed E-state index contributed by atoms with van der Waals surface area (Å²) in [6.07, 6.45) is 3.30. The number of likely N-dealkylation sites (tertiary alicyclic amines) is 1. The van der Waals surface area contributed by atoms with E-state index in [-0.39, 0.29) is 5.92 Å². The summed E-state index contributed by atoms with van der Waals surface area (Å²) >= 11 is 0. The molecule has 1 amide bonds. The van der Waals surface area contributed by atoms with Crippen LogP contribution < -0.4 is 5.32 Å². The van der Waals surface area contributed by atoms with Crippen LogP contribution in [0.5, 0.6) is 0 Å². The zero-order valence-electron chi connectivity index (χ0n) is 11.1. The summed E-state index contributed by atoms with van der Waals surface area (Å²) < 4.78 is 0. The molecule has 1 aliphatic carbocycles. The van der Waals surface area contributed by atoms with E-state index in [1.54, 1.807) is 0 Å². The van der Waals surface area contributed by atoms with Crippen LogP contribution in [-0.2, 0) is 11.2 Å². The third-order valence-electron chi connectivity index (χ3n) is 5.12. The van der Waals surface area contributed by atoms with E-state index in [4.69, 9.17) is 0 Å². The first-order chi connectivity index (χ1) is 9.33. The van der Waals surface area contributed by atoms with E-state index in [1.165, 1.54) is 17.5 Å². The molecule has 3 unspecified atom stereocenters. The first kappa shape index (κ1) is 11.5. The van der Waals surface area contributed by atoms with Crippen molar-refractivity contribution in [2.45, 2.75) is 31.2 Å². The molecule has 3 nitrogen and oxygen atoms in total. The SMILES string of the molecule is O=C(C1Cc2ccccc21)N1CCC2NCCC2C1. The number of benzene rings is 1. The van der Waals surface area contributed by atoms with Gasteiger partial charge in [0.25, 0.3) is 0 Å². The largest absolute Gasteiger partial charge is 0.342 e. The van der Waals surface area contributed by atoms with Crippen molar-refractivity contribution in [2.24, 2.45) is 5.92 Å². The molecule has 0 spiro atoms. The Balaban J connectivity index is 1.47. The molecule has 19 heavy (non-hydrogen) atoms. The van der Waals surface area contributed by atoms with E-state index < -0.39 is 0 Å². The van der Waals surface area contributed by atoms with Crippen molar-refractivity contribution in [3.8, 4) is 0 Å². The number of nitrogens with zero attached hydrogens (tertiary/aromatic N) is 1. The summed E-state index contributed by atoms with van der Waals surface area (Å²) in [6.45, 7) is 3.03. The summed E-state index contributed by atoms with van der Waals surface area (Å²) in [7, 11) is 0. The van der Waals surface area contributed by atoms with Gasteiger partial charge in [-0.25, -0.2) is 0 Å². The minimum atomic E-state index is 0.141. The lowest BCUT2D eigenvalue weighted by Crippen LogP contribution is -2.49. The predicted molar refractivity (Wildman–Crippen MR) is 74.0 cm³/mol. The fourth-order valence-electron chi connectivity index (χ4n) is 3.95. The summed E-state index contributed by atoms with van der Waals surface area (Å²) in [4.78, 5) is 14.8. The van der Waals surface area contributed by atoms with E-state index in [0.717, 1.165) is 32.5 Å². The van der Waals surface area contributed by atoms with E-state index in [2.05, 4.69) is 28.4 Å². The van der Waals surface area contributed by atoms with Crippen molar-refractivity contribution >= 4 is 5.91 Å². The zero-order valence-corrected chi connectivity index (χ0v) is 11.1. The third-order valence-corrected chi connectivity index (χ3v) is 5.12. The highest BCUT2D eigenvalue weighted by molar-refractivity contribution is 5.87. The number of nitrogens with one attached hydrogen (secondary N) is 1. The Morgan fingerprint density at radius 3 is 3.05 bits per heavy atom. The van der Waals surface area contributed by atoms with Crippen LogP contribution >= 0.6 is 0 Å². The molecule has 2 heterocycles. The minimum absolute atomic E-state index is 0.141. The molecule has 3 heteroatoms. The average molecular weight is 256 g/mol.